The monoisotopic (exact) mass is 390 g/mol. The molecule has 1 saturated heterocycles. The topological polar surface area (TPSA) is 92.3 Å². The zero-order valence-corrected chi connectivity index (χ0v) is 16.1. The van der Waals surface area contributed by atoms with E-state index in [1.165, 1.54) is 26.1 Å². The van der Waals surface area contributed by atoms with E-state index in [9.17, 15) is 4.79 Å². The van der Waals surface area contributed by atoms with Gasteiger partial charge in [0.05, 0.1) is 24.6 Å². The molecule has 8 nitrogen and oxygen atoms in total. The number of hydrogen-bond acceptors (Lipinski definition) is 7. The van der Waals surface area contributed by atoms with Crippen LogP contribution in [0.2, 0.25) is 0 Å². The van der Waals surface area contributed by atoms with Gasteiger partial charge in [0, 0.05) is 42.8 Å². The second-order valence-corrected chi connectivity index (χ2v) is 6.74. The number of carbonyl (C=O) groups excluding carboxylic acids is 1. The summed E-state index contributed by atoms with van der Waals surface area (Å²) in [6.07, 6.45) is 5.70. The smallest absolute Gasteiger partial charge is 0.257 e. The molecule has 2 N–H and O–H groups in total. The molecule has 0 bridgehead atoms. The number of rotatable bonds is 6. The van der Waals surface area contributed by atoms with Crippen LogP contribution in [0.3, 0.4) is 0 Å². The van der Waals surface area contributed by atoms with Crippen LogP contribution in [0.4, 0.5) is 22.9 Å². The Morgan fingerprint density at radius 1 is 1.03 bits per heavy atom. The fraction of sp³-hybridized carbons (Fsp3) is 0.238. The summed E-state index contributed by atoms with van der Waals surface area (Å²) in [6.45, 7) is 2.12. The maximum atomic E-state index is 12.3. The Bertz CT molecular complexity index is 969. The highest BCUT2D eigenvalue weighted by atomic mass is 16.5. The van der Waals surface area contributed by atoms with Gasteiger partial charge in [-0.2, -0.15) is 5.10 Å². The molecule has 3 aromatic rings. The minimum atomic E-state index is -0.231. The summed E-state index contributed by atoms with van der Waals surface area (Å²) in [6, 6.07) is 12.7. The number of hydrogen-bond donors (Lipinski definition) is 2. The Labute approximate surface area is 168 Å². The number of anilines is 4. The van der Waals surface area contributed by atoms with Crippen LogP contribution in [0.5, 0.6) is 5.88 Å². The van der Waals surface area contributed by atoms with E-state index in [0.29, 0.717) is 22.9 Å². The lowest BCUT2D eigenvalue weighted by Gasteiger charge is -2.17. The molecule has 1 fully saturated rings. The molecule has 1 aliphatic heterocycles. The predicted molar refractivity (Wildman–Crippen MR) is 112 cm³/mol. The van der Waals surface area contributed by atoms with Gasteiger partial charge in [0.2, 0.25) is 5.88 Å². The fourth-order valence-electron chi connectivity index (χ4n) is 3.19. The Morgan fingerprint density at radius 2 is 1.79 bits per heavy atom. The van der Waals surface area contributed by atoms with Crippen molar-refractivity contribution in [1.82, 2.24) is 15.2 Å². The van der Waals surface area contributed by atoms with Crippen molar-refractivity contribution in [3.63, 3.8) is 0 Å². The highest BCUT2D eigenvalue weighted by Gasteiger charge is 2.13. The van der Waals surface area contributed by atoms with Crippen LogP contribution < -0.4 is 20.3 Å². The van der Waals surface area contributed by atoms with Crippen LogP contribution in [-0.2, 0) is 0 Å². The number of amides is 1. The Kier molecular flexibility index (Phi) is 5.51. The SMILES string of the molecule is COc1ccc(C(=O)Nc2ccc(Nc3cc(N4CCCC4)cnn3)cc2)cn1. The molecular weight excluding hydrogens is 368 g/mol. The lowest BCUT2D eigenvalue weighted by molar-refractivity contribution is 0.102. The Hall–Kier alpha value is -3.68. The molecule has 8 heteroatoms. The van der Waals surface area contributed by atoms with Gasteiger partial charge in [0.1, 0.15) is 0 Å². The fourth-order valence-corrected chi connectivity index (χ4v) is 3.19. The van der Waals surface area contributed by atoms with Gasteiger partial charge in [-0.3, -0.25) is 4.79 Å². The first-order chi connectivity index (χ1) is 14.2. The molecule has 0 aliphatic carbocycles. The lowest BCUT2D eigenvalue weighted by atomic mass is 10.2. The summed E-state index contributed by atoms with van der Waals surface area (Å²) in [5, 5.41) is 14.4. The van der Waals surface area contributed by atoms with Crippen molar-refractivity contribution in [3.8, 4) is 5.88 Å². The zero-order chi connectivity index (χ0) is 20.1. The first-order valence-corrected chi connectivity index (χ1v) is 9.47. The van der Waals surface area contributed by atoms with Crippen molar-refractivity contribution in [2.24, 2.45) is 0 Å². The van der Waals surface area contributed by atoms with Gasteiger partial charge in [-0.25, -0.2) is 4.98 Å². The van der Waals surface area contributed by atoms with Crippen molar-refractivity contribution >= 4 is 28.8 Å². The van der Waals surface area contributed by atoms with Crippen LogP contribution >= 0.6 is 0 Å². The largest absolute Gasteiger partial charge is 0.481 e. The maximum absolute atomic E-state index is 12.3. The van der Waals surface area contributed by atoms with Gasteiger partial charge in [-0.15, -0.1) is 5.10 Å². The van der Waals surface area contributed by atoms with Crippen LogP contribution in [0.15, 0.2) is 54.9 Å². The molecular formula is C21H22N6O2. The summed E-state index contributed by atoms with van der Waals surface area (Å²) in [7, 11) is 1.53. The van der Waals surface area contributed by atoms with Gasteiger partial charge < -0.3 is 20.3 Å². The summed E-state index contributed by atoms with van der Waals surface area (Å²) in [5.74, 6) is 0.925. The molecule has 29 heavy (non-hydrogen) atoms. The number of aromatic nitrogens is 3. The lowest BCUT2D eigenvalue weighted by Crippen LogP contribution is -2.18. The Balaban J connectivity index is 1.38. The van der Waals surface area contributed by atoms with Gasteiger partial charge in [-0.1, -0.05) is 0 Å². The normalized spacial score (nSPS) is 13.2. The minimum absolute atomic E-state index is 0.231. The number of methoxy groups -OCH3 is 1. The summed E-state index contributed by atoms with van der Waals surface area (Å²) >= 11 is 0. The maximum Gasteiger partial charge on any atom is 0.257 e. The van der Waals surface area contributed by atoms with E-state index >= 15 is 0 Å². The van der Waals surface area contributed by atoms with Crippen molar-refractivity contribution in [3.05, 3.63) is 60.4 Å². The number of pyridine rings is 1. The van der Waals surface area contributed by atoms with Crippen LogP contribution in [0.25, 0.3) is 0 Å². The summed E-state index contributed by atoms with van der Waals surface area (Å²) in [4.78, 5) is 18.7. The first kappa shape index (κ1) is 18.7. The summed E-state index contributed by atoms with van der Waals surface area (Å²) < 4.78 is 5.00. The number of nitrogens with one attached hydrogen (secondary N) is 2. The summed E-state index contributed by atoms with van der Waals surface area (Å²) in [5.41, 5.74) is 3.09. The highest BCUT2D eigenvalue weighted by molar-refractivity contribution is 6.04. The molecule has 3 heterocycles. The molecule has 0 radical (unpaired) electrons. The molecule has 0 atom stereocenters. The molecule has 1 aromatic carbocycles. The van der Waals surface area contributed by atoms with Crippen LogP contribution in [-0.4, -0.2) is 41.3 Å². The molecule has 0 spiro atoms. The first-order valence-electron chi connectivity index (χ1n) is 9.47. The number of benzene rings is 1. The van der Waals surface area contributed by atoms with E-state index in [-0.39, 0.29) is 5.91 Å². The number of nitrogens with zero attached hydrogens (tertiary/aromatic N) is 4. The van der Waals surface area contributed by atoms with Gasteiger partial charge in [0.15, 0.2) is 5.82 Å². The molecule has 148 valence electrons. The van der Waals surface area contributed by atoms with E-state index in [0.717, 1.165) is 24.5 Å². The highest BCUT2D eigenvalue weighted by Crippen LogP contribution is 2.23. The van der Waals surface area contributed by atoms with Gasteiger partial charge in [-0.05, 0) is 43.2 Å². The third-order valence-electron chi connectivity index (χ3n) is 4.73. The average Bonchev–Trinajstić information content (AvgIpc) is 3.30. The Morgan fingerprint density at radius 3 is 2.48 bits per heavy atom. The molecule has 4 rings (SSSR count). The quantitative estimate of drug-likeness (QED) is 0.666. The molecule has 1 aliphatic rings. The molecule has 1 amide bonds. The minimum Gasteiger partial charge on any atom is -0.481 e. The average molecular weight is 390 g/mol. The van der Waals surface area contributed by atoms with Crippen molar-refractivity contribution in [2.75, 3.05) is 35.7 Å². The van der Waals surface area contributed by atoms with Crippen molar-refractivity contribution < 1.29 is 9.53 Å². The van der Waals surface area contributed by atoms with Crippen molar-refractivity contribution in [2.45, 2.75) is 12.8 Å². The number of carbonyl (C=O) groups is 1. The second-order valence-electron chi connectivity index (χ2n) is 6.74. The second kappa shape index (κ2) is 8.55. The van der Waals surface area contributed by atoms with Crippen LogP contribution in [0.1, 0.15) is 23.2 Å². The zero-order valence-electron chi connectivity index (χ0n) is 16.1. The number of ether oxygens (including phenoxy) is 1. The predicted octanol–water partition coefficient (Wildman–Crippen LogP) is 3.48. The van der Waals surface area contributed by atoms with E-state index in [1.807, 2.05) is 30.3 Å². The van der Waals surface area contributed by atoms with Crippen molar-refractivity contribution in [1.29, 1.82) is 0 Å². The van der Waals surface area contributed by atoms with Gasteiger partial charge in [0.25, 0.3) is 5.91 Å². The van der Waals surface area contributed by atoms with E-state index in [1.54, 1.807) is 18.3 Å². The van der Waals surface area contributed by atoms with Crippen LogP contribution in [0, 0.1) is 0 Å². The molecule has 0 saturated carbocycles. The van der Waals surface area contributed by atoms with E-state index in [4.69, 9.17) is 4.74 Å². The molecule has 2 aromatic heterocycles. The van der Waals surface area contributed by atoms with E-state index in [2.05, 4.69) is 30.7 Å². The third-order valence-corrected chi connectivity index (χ3v) is 4.73. The third kappa shape index (κ3) is 4.60. The van der Waals surface area contributed by atoms with Gasteiger partial charge >= 0.3 is 0 Å². The van der Waals surface area contributed by atoms with E-state index < -0.39 is 0 Å². The molecule has 0 unspecified atom stereocenters. The standard InChI is InChI=1S/C21H22N6O2/c1-29-20-9-4-15(13-22-20)21(28)25-17-7-5-16(6-8-17)24-19-12-18(14-23-26-19)27-10-2-3-11-27/h4-9,12-14H,2-3,10-11H2,1H3,(H,24,26)(H,25,28).